The van der Waals surface area contributed by atoms with Gasteiger partial charge in [-0.2, -0.15) is 0 Å². The third-order valence-corrected chi connectivity index (χ3v) is 7.09. The number of carbonyl (C=O) groups is 1. The number of sulfonamides is 1. The molecule has 6 nitrogen and oxygen atoms in total. The zero-order chi connectivity index (χ0) is 21.0. The minimum Gasteiger partial charge on any atom is -0.350 e. The van der Waals surface area contributed by atoms with Crippen molar-refractivity contribution in [3.63, 3.8) is 0 Å². The molecular weight excluding hydrogens is 410 g/mol. The van der Waals surface area contributed by atoms with E-state index in [1.54, 1.807) is 13.0 Å². The number of amides is 1. The average Bonchev–Trinajstić information content (AvgIpc) is 3.24. The zero-order valence-corrected chi connectivity index (χ0v) is 18.2. The molecule has 0 spiro atoms. The van der Waals surface area contributed by atoms with E-state index in [0.29, 0.717) is 22.7 Å². The molecule has 1 saturated heterocycles. The SMILES string of the molecule is CNS(=O)(=O)c1ccc(C)c(C(=O)NCC(c2ccccc2Cl)N2CCCC2)c1. The van der Waals surface area contributed by atoms with Gasteiger partial charge >= 0.3 is 0 Å². The van der Waals surface area contributed by atoms with Crippen LogP contribution in [-0.4, -0.2) is 45.9 Å². The molecule has 1 fully saturated rings. The number of rotatable bonds is 7. The van der Waals surface area contributed by atoms with Crippen LogP contribution in [0.15, 0.2) is 47.4 Å². The number of aryl methyl sites for hydroxylation is 1. The van der Waals surface area contributed by atoms with E-state index in [4.69, 9.17) is 11.6 Å². The normalized spacial score (nSPS) is 16.0. The first-order valence-corrected chi connectivity index (χ1v) is 11.5. The lowest BCUT2D eigenvalue weighted by Gasteiger charge is -2.29. The number of hydrogen-bond donors (Lipinski definition) is 2. The molecule has 0 aromatic heterocycles. The van der Waals surface area contributed by atoms with Gasteiger partial charge in [-0.15, -0.1) is 0 Å². The number of halogens is 1. The van der Waals surface area contributed by atoms with Gasteiger partial charge in [0.2, 0.25) is 10.0 Å². The lowest BCUT2D eigenvalue weighted by atomic mass is 10.0. The zero-order valence-electron chi connectivity index (χ0n) is 16.6. The predicted octanol–water partition coefficient (Wildman–Crippen LogP) is 3.12. The van der Waals surface area contributed by atoms with Crippen LogP contribution < -0.4 is 10.0 Å². The van der Waals surface area contributed by atoms with Crippen LogP contribution in [0.25, 0.3) is 0 Å². The van der Waals surface area contributed by atoms with Crippen LogP contribution in [0.3, 0.4) is 0 Å². The van der Waals surface area contributed by atoms with E-state index >= 15 is 0 Å². The summed E-state index contributed by atoms with van der Waals surface area (Å²) in [6.07, 6.45) is 2.25. The number of carbonyl (C=O) groups excluding carboxylic acids is 1. The third-order valence-electron chi connectivity index (χ3n) is 5.33. The molecule has 156 valence electrons. The van der Waals surface area contributed by atoms with E-state index in [9.17, 15) is 13.2 Å². The Morgan fingerprint density at radius 1 is 1.17 bits per heavy atom. The molecule has 2 aromatic rings. The Balaban J connectivity index is 1.82. The lowest BCUT2D eigenvalue weighted by Crippen LogP contribution is -2.37. The van der Waals surface area contributed by atoms with Gasteiger partial charge in [0.15, 0.2) is 0 Å². The van der Waals surface area contributed by atoms with Gasteiger partial charge in [-0.1, -0.05) is 35.9 Å². The molecule has 3 rings (SSSR count). The molecule has 1 unspecified atom stereocenters. The summed E-state index contributed by atoms with van der Waals surface area (Å²) < 4.78 is 26.4. The molecule has 1 aliphatic rings. The maximum Gasteiger partial charge on any atom is 0.251 e. The summed E-state index contributed by atoms with van der Waals surface area (Å²) in [5.41, 5.74) is 2.05. The van der Waals surface area contributed by atoms with Crippen LogP contribution in [0.4, 0.5) is 0 Å². The second kappa shape index (κ2) is 9.26. The smallest absolute Gasteiger partial charge is 0.251 e. The summed E-state index contributed by atoms with van der Waals surface area (Å²) in [6.45, 7) is 4.10. The fourth-order valence-corrected chi connectivity index (χ4v) is 4.67. The van der Waals surface area contributed by atoms with Crippen molar-refractivity contribution >= 4 is 27.5 Å². The fourth-order valence-electron chi connectivity index (χ4n) is 3.65. The molecule has 2 N–H and O–H groups in total. The maximum atomic E-state index is 12.9. The second-order valence-corrected chi connectivity index (χ2v) is 9.47. The van der Waals surface area contributed by atoms with Crippen molar-refractivity contribution in [1.82, 2.24) is 14.9 Å². The van der Waals surface area contributed by atoms with Gasteiger partial charge in [-0.05, 0) is 69.2 Å². The predicted molar refractivity (Wildman–Crippen MR) is 115 cm³/mol. The van der Waals surface area contributed by atoms with Gasteiger partial charge < -0.3 is 5.32 Å². The van der Waals surface area contributed by atoms with E-state index in [2.05, 4.69) is 14.9 Å². The van der Waals surface area contributed by atoms with Crippen molar-refractivity contribution in [1.29, 1.82) is 0 Å². The highest BCUT2D eigenvalue weighted by Gasteiger charge is 2.26. The van der Waals surface area contributed by atoms with E-state index in [1.807, 2.05) is 24.3 Å². The molecule has 8 heteroatoms. The van der Waals surface area contributed by atoms with Crippen molar-refractivity contribution in [3.05, 3.63) is 64.2 Å². The second-order valence-electron chi connectivity index (χ2n) is 7.17. The molecule has 1 aliphatic heterocycles. The van der Waals surface area contributed by atoms with Gasteiger partial charge in [-0.25, -0.2) is 13.1 Å². The Bertz CT molecular complexity index is 988. The van der Waals surface area contributed by atoms with E-state index in [0.717, 1.165) is 31.5 Å². The van der Waals surface area contributed by atoms with Crippen LogP contribution in [0.1, 0.15) is 40.4 Å². The third kappa shape index (κ3) is 4.98. The Morgan fingerprint density at radius 3 is 2.52 bits per heavy atom. The Morgan fingerprint density at radius 2 is 1.86 bits per heavy atom. The number of nitrogens with zero attached hydrogens (tertiary/aromatic N) is 1. The van der Waals surface area contributed by atoms with E-state index in [1.165, 1.54) is 19.2 Å². The van der Waals surface area contributed by atoms with Crippen molar-refractivity contribution in [2.75, 3.05) is 26.7 Å². The summed E-state index contributed by atoms with van der Waals surface area (Å²) in [6, 6.07) is 12.2. The highest BCUT2D eigenvalue weighted by atomic mass is 35.5. The number of likely N-dealkylation sites (tertiary alicyclic amines) is 1. The molecule has 0 aliphatic carbocycles. The first-order chi connectivity index (χ1) is 13.8. The fraction of sp³-hybridized carbons (Fsp3) is 0.381. The summed E-state index contributed by atoms with van der Waals surface area (Å²) >= 11 is 6.43. The topological polar surface area (TPSA) is 78.5 Å². The minimum absolute atomic E-state index is 0.0281. The summed E-state index contributed by atoms with van der Waals surface area (Å²) in [5.74, 6) is -0.299. The monoisotopic (exact) mass is 435 g/mol. The average molecular weight is 436 g/mol. The minimum atomic E-state index is -3.62. The van der Waals surface area contributed by atoms with Gasteiger partial charge in [0.05, 0.1) is 10.9 Å². The molecule has 0 bridgehead atoms. The molecule has 1 heterocycles. The first kappa shape index (κ1) is 21.8. The standard InChI is InChI=1S/C21H26ClN3O3S/c1-15-9-10-16(29(27,28)23-2)13-18(15)21(26)24-14-20(25-11-5-6-12-25)17-7-3-4-8-19(17)22/h3-4,7-10,13,20,23H,5-6,11-12,14H2,1-2H3,(H,24,26). The maximum absolute atomic E-state index is 12.9. The van der Waals surface area contributed by atoms with Crippen LogP contribution in [0.2, 0.25) is 5.02 Å². The number of nitrogens with one attached hydrogen (secondary N) is 2. The Kier molecular flexibility index (Phi) is 6.95. The Labute approximate surface area is 177 Å². The van der Waals surface area contributed by atoms with Gasteiger partial charge in [-0.3, -0.25) is 9.69 Å². The van der Waals surface area contributed by atoms with Crippen molar-refractivity contribution in [3.8, 4) is 0 Å². The molecule has 0 radical (unpaired) electrons. The summed E-state index contributed by atoms with van der Waals surface area (Å²) in [5, 5.41) is 3.66. The lowest BCUT2D eigenvalue weighted by molar-refractivity contribution is 0.0937. The molecule has 1 amide bonds. The first-order valence-electron chi connectivity index (χ1n) is 9.64. The molecular formula is C21H26ClN3O3S. The van der Waals surface area contributed by atoms with Crippen molar-refractivity contribution < 1.29 is 13.2 Å². The van der Waals surface area contributed by atoms with Crippen molar-refractivity contribution in [2.45, 2.75) is 30.7 Å². The van der Waals surface area contributed by atoms with E-state index < -0.39 is 10.0 Å². The van der Waals surface area contributed by atoms with Crippen LogP contribution in [-0.2, 0) is 10.0 Å². The number of benzene rings is 2. The highest BCUT2D eigenvalue weighted by Crippen LogP contribution is 2.30. The van der Waals surface area contributed by atoms with Gasteiger partial charge in [0.25, 0.3) is 5.91 Å². The van der Waals surface area contributed by atoms with Crippen LogP contribution in [0.5, 0.6) is 0 Å². The largest absolute Gasteiger partial charge is 0.350 e. The number of hydrogen-bond acceptors (Lipinski definition) is 4. The quantitative estimate of drug-likeness (QED) is 0.700. The molecule has 2 aromatic carbocycles. The van der Waals surface area contributed by atoms with Crippen LogP contribution in [0, 0.1) is 6.92 Å². The van der Waals surface area contributed by atoms with Crippen LogP contribution >= 0.6 is 11.6 Å². The molecule has 0 saturated carbocycles. The van der Waals surface area contributed by atoms with E-state index in [-0.39, 0.29) is 16.8 Å². The van der Waals surface area contributed by atoms with Gasteiger partial charge in [0.1, 0.15) is 0 Å². The highest BCUT2D eigenvalue weighted by molar-refractivity contribution is 7.89. The molecule has 1 atom stereocenters. The summed E-state index contributed by atoms with van der Waals surface area (Å²) in [7, 11) is -2.27. The van der Waals surface area contributed by atoms with Gasteiger partial charge in [0, 0.05) is 17.1 Å². The molecule has 29 heavy (non-hydrogen) atoms. The van der Waals surface area contributed by atoms with Crippen molar-refractivity contribution in [2.24, 2.45) is 0 Å². The summed E-state index contributed by atoms with van der Waals surface area (Å²) in [4.78, 5) is 15.3. The Hall–Kier alpha value is -1.93.